The molecule has 23 heavy (non-hydrogen) atoms. The number of nitriles is 1. The van der Waals surface area contributed by atoms with Crippen molar-refractivity contribution in [2.24, 2.45) is 0 Å². The topological polar surface area (TPSA) is 73.6 Å². The lowest BCUT2D eigenvalue weighted by atomic mass is 10.0. The standard InChI is InChI=1S/C15H15F3N2O3/c16-15(17,18)14(23-10-6-2-1-5-9-19)12-8-4-3-7-11(12)13(21)20(14)22/h3-4,7-8,22H,1-2,5-6,10H2. The summed E-state index contributed by atoms with van der Waals surface area (Å²) in [5.41, 5.74) is -3.84. The third kappa shape index (κ3) is 2.90. The van der Waals surface area contributed by atoms with E-state index in [4.69, 9.17) is 10.00 Å². The number of amides is 1. The van der Waals surface area contributed by atoms with Crippen molar-refractivity contribution < 1.29 is 27.9 Å². The zero-order valence-corrected chi connectivity index (χ0v) is 12.1. The fourth-order valence-electron chi connectivity index (χ4n) is 2.53. The molecule has 1 aromatic carbocycles. The summed E-state index contributed by atoms with van der Waals surface area (Å²) in [6, 6.07) is 7.04. The van der Waals surface area contributed by atoms with Gasteiger partial charge in [-0.1, -0.05) is 24.6 Å². The fourth-order valence-corrected chi connectivity index (χ4v) is 2.53. The van der Waals surface area contributed by atoms with Crippen LogP contribution in [0.25, 0.3) is 0 Å². The quantitative estimate of drug-likeness (QED) is 0.642. The maximum Gasteiger partial charge on any atom is 0.443 e. The Labute approximate surface area is 130 Å². The SMILES string of the molecule is N#CCCCCCOC1(C(F)(F)F)c2ccccc2C(=O)N1O. The number of fused-ring (bicyclic) bond motifs is 1. The van der Waals surface area contributed by atoms with E-state index in [-0.39, 0.29) is 23.7 Å². The summed E-state index contributed by atoms with van der Waals surface area (Å²) in [5, 5.41) is 17.8. The summed E-state index contributed by atoms with van der Waals surface area (Å²) in [6.45, 7) is -0.302. The van der Waals surface area contributed by atoms with Crippen molar-refractivity contribution in [1.29, 1.82) is 5.26 Å². The Kier molecular flexibility index (Phi) is 4.92. The van der Waals surface area contributed by atoms with Gasteiger partial charge in [0.2, 0.25) is 0 Å². The summed E-state index contributed by atoms with van der Waals surface area (Å²) in [5.74, 6) is -1.15. The number of ether oxygens (including phenoxy) is 1. The van der Waals surface area contributed by atoms with E-state index in [2.05, 4.69) is 0 Å². The highest BCUT2D eigenvalue weighted by molar-refractivity contribution is 5.99. The molecule has 0 aromatic heterocycles. The molecule has 8 heteroatoms. The van der Waals surface area contributed by atoms with Crippen LogP contribution in [0.2, 0.25) is 0 Å². The monoisotopic (exact) mass is 328 g/mol. The lowest BCUT2D eigenvalue weighted by Crippen LogP contribution is -2.54. The van der Waals surface area contributed by atoms with Crippen molar-refractivity contribution in [1.82, 2.24) is 5.06 Å². The lowest BCUT2D eigenvalue weighted by molar-refractivity contribution is -0.377. The lowest BCUT2D eigenvalue weighted by Gasteiger charge is -2.36. The Hall–Kier alpha value is -2.11. The number of carbonyl (C=O) groups excluding carboxylic acids is 1. The molecule has 1 N–H and O–H groups in total. The Morgan fingerprint density at radius 2 is 1.96 bits per heavy atom. The molecule has 1 atom stereocenters. The van der Waals surface area contributed by atoms with Crippen LogP contribution in [-0.4, -0.2) is 29.0 Å². The third-order valence-electron chi connectivity index (χ3n) is 3.64. The maximum atomic E-state index is 13.6. The first-order valence-corrected chi connectivity index (χ1v) is 7.07. The van der Waals surface area contributed by atoms with Gasteiger partial charge in [0, 0.05) is 12.0 Å². The maximum absolute atomic E-state index is 13.6. The second-order valence-electron chi connectivity index (χ2n) is 5.12. The first-order valence-electron chi connectivity index (χ1n) is 7.07. The number of rotatable bonds is 6. The number of hydrogen-bond acceptors (Lipinski definition) is 4. The molecule has 0 bridgehead atoms. The highest BCUT2D eigenvalue weighted by Crippen LogP contribution is 2.49. The summed E-state index contributed by atoms with van der Waals surface area (Å²) in [6.07, 6.45) is -3.34. The van der Waals surface area contributed by atoms with Crippen LogP contribution in [0.3, 0.4) is 0 Å². The van der Waals surface area contributed by atoms with E-state index in [1.807, 2.05) is 6.07 Å². The van der Waals surface area contributed by atoms with E-state index in [9.17, 15) is 23.2 Å². The molecule has 0 saturated carbocycles. The molecule has 1 aliphatic rings. The van der Waals surface area contributed by atoms with Crippen molar-refractivity contribution in [2.75, 3.05) is 6.61 Å². The molecule has 1 aliphatic heterocycles. The first kappa shape index (κ1) is 17.2. The van der Waals surface area contributed by atoms with E-state index in [0.717, 1.165) is 6.07 Å². The molecule has 0 saturated heterocycles. The van der Waals surface area contributed by atoms with Gasteiger partial charge in [0.25, 0.3) is 11.6 Å². The Bertz CT molecular complexity index is 627. The van der Waals surface area contributed by atoms with Crippen LogP contribution < -0.4 is 0 Å². The van der Waals surface area contributed by atoms with Gasteiger partial charge in [-0.05, 0) is 18.9 Å². The molecule has 0 fully saturated rings. The van der Waals surface area contributed by atoms with Crippen LogP contribution in [0.15, 0.2) is 24.3 Å². The van der Waals surface area contributed by atoms with Gasteiger partial charge < -0.3 is 4.74 Å². The van der Waals surface area contributed by atoms with E-state index >= 15 is 0 Å². The number of benzene rings is 1. The van der Waals surface area contributed by atoms with Gasteiger partial charge in [-0.3, -0.25) is 10.0 Å². The second kappa shape index (κ2) is 6.56. The smallest absolute Gasteiger partial charge is 0.342 e. The van der Waals surface area contributed by atoms with E-state index in [0.29, 0.717) is 19.3 Å². The van der Waals surface area contributed by atoms with Gasteiger partial charge in [0.1, 0.15) is 0 Å². The molecule has 0 spiro atoms. The Morgan fingerprint density at radius 3 is 2.61 bits per heavy atom. The number of halogens is 3. The van der Waals surface area contributed by atoms with Crippen molar-refractivity contribution in [3.63, 3.8) is 0 Å². The predicted molar refractivity (Wildman–Crippen MR) is 72.2 cm³/mol. The number of alkyl halides is 3. The number of hydrogen-bond donors (Lipinski definition) is 1. The van der Waals surface area contributed by atoms with Gasteiger partial charge in [-0.25, -0.2) is 0 Å². The molecular formula is C15H15F3N2O3. The highest BCUT2D eigenvalue weighted by Gasteiger charge is 2.68. The molecule has 5 nitrogen and oxygen atoms in total. The summed E-state index contributed by atoms with van der Waals surface area (Å²) >= 11 is 0. The van der Waals surface area contributed by atoms with Gasteiger partial charge in [0.05, 0.1) is 18.2 Å². The van der Waals surface area contributed by atoms with E-state index in [1.165, 1.54) is 18.2 Å². The summed E-state index contributed by atoms with van der Waals surface area (Å²) in [4.78, 5) is 11.9. The minimum atomic E-state index is -5.00. The predicted octanol–water partition coefficient (Wildman–Crippen LogP) is 3.35. The van der Waals surface area contributed by atoms with Crippen LogP contribution >= 0.6 is 0 Å². The molecule has 1 unspecified atom stereocenters. The van der Waals surface area contributed by atoms with Gasteiger partial charge in [-0.2, -0.15) is 23.5 Å². The molecule has 1 amide bonds. The van der Waals surface area contributed by atoms with Crippen LogP contribution in [-0.2, 0) is 10.5 Å². The largest absolute Gasteiger partial charge is 0.443 e. The minimum absolute atomic E-state index is 0.239. The molecule has 1 heterocycles. The Balaban J connectivity index is 2.24. The normalized spacial score (nSPS) is 20.5. The number of nitrogens with zero attached hydrogens (tertiary/aromatic N) is 2. The van der Waals surface area contributed by atoms with Gasteiger partial charge >= 0.3 is 6.18 Å². The average molecular weight is 328 g/mol. The molecular weight excluding hydrogens is 313 g/mol. The van der Waals surface area contributed by atoms with Crippen LogP contribution in [0.5, 0.6) is 0 Å². The first-order chi connectivity index (χ1) is 10.9. The average Bonchev–Trinajstić information content (AvgIpc) is 2.73. The minimum Gasteiger partial charge on any atom is -0.342 e. The van der Waals surface area contributed by atoms with Crippen molar-refractivity contribution in [3.05, 3.63) is 35.4 Å². The van der Waals surface area contributed by atoms with E-state index < -0.39 is 23.4 Å². The zero-order chi connectivity index (χ0) is 17.1. The van der Waals surface area contributed by atoms with Crippen LogP contribution in [0.4, 0.5) is 13.2 Å². The second-order valence-corrected chi connectivity index (χ2v) is 5.12. The third-order valence-corrected chi connectivity index (χ3v) is 3.64. The molecule has 124 valence electrons. The molecule has 0 radical (unpaired) electrons. The van der Waals surface area contributed by atoms with Gasteiger partial charge in [0.15, 0.2) is 0 Å². The van der Waals surface area contributed by atoms with Crippen LogP contribution in [0.1, 0.15) is 41.6 Å². The molecule has 0 aliphatic carbocycles. The number of carbonyl (C=O) groups is 1. The van der Waals surface area contributed by atoms with Crippen molar-refractivity contribution in [2.45, 2.75) is 37.6 Å². The zero-order valence-electron chi connectivity index (χ0n) is 12.1. The number of hydroxylamine groups is 2. The van der Waals surface area contributed by atoms with Crippen molar-refractivity contribution in [3.8, 4) is 6.07 Å². The fraction of sp³-hybridized carbons (Fsp3) is 0.467. The van der Waals surface area contributed by atoms with E-state index in [1.54, 1.807) is 0 Å². The Morgan fingerprint density at radius 1 is 1.26 bits per heavy atom. The molecule has 2 rings (SSSR count). The highest BCUT2D eigenvalue weighted by atomic mass is 19.4. The summed E-state index contributed by atoms with van der Waals surface area (Å²) in [7, 11) is 0. The number of unbranched alkanes of at least 4 members (excludes halogenated alkanes) is 3. The molecule has 1 aromatic rings. The summed E-state index contributed by atoms with van der Waals surface area (Å²) < 4.78 is 45.9. The van der Waals surface area contributed by atoms with Crippen LogP contribution in [0, 0.1) is 11.3 Å². The van der Waals surface area contributed by atoms with Crippen molar-refractivity contribution >= 4 is 5.91 Å². The van der Waals surface area contributed by atoms with Gasteiger partial charge in [-0.15, -0.1) is 0 Å².